The monoisotopic (exact) mass is 330 g/mol. The van der Waals surface area contributed by atoms with E-state index in [1.165, 1.54) is 6.20 Å². The third kappa shape index (κ3) is 2.97. The maximum absolute atomic E-state index is 12.7. The van der Waals surface area contributed by atoms with Gasteiger partial charge in [-0.2, -0.15) is 5.10 Å². The van der Waals surface area contributed by atoms with Crippen LogP contribution in [0.1, 0.15) is 27.6 Å². The van der Waals surface area contributed by atoms with Crippen LogP contribution in [0.25, 0.3) is 5.65 Å². The quantitative estimate of drug-likeness (QED) is 0.538. The van der Waals surface area contributed by atoms with Gasteiger partial charge in [0.1, 0.15) is 5.56 Å². The standard InChI is InChI=1S/C19H14N4O2/c24-19(16-13-22-23-12-4-9-21-18(16)23)25-17(14-5-2-1-3-6-14)15-7-10-20-11-8-15/h1-13,17H. The van der Waals surface area contributed by atoms with Crippen molar-refractivity contribution in [2.75, 3.05) is 0 Å². The van der Waals surface area contributed by atoms with Crippen LogP contribution in [0.3, 0.4) is 0 Å². The van der Waals surface area contributed by atoms with Crippen LogP contribution < -0.4 is 0 Å². The lowest BCUT2D eigenvalue weighted by molar-refractivity contribution is 0.0380. The molecule has 1 atom stereocenters. The summed E-state index contributed by atoms with van der Waals surface area (Å²) in [5, 5.41) is 4.14. The van der Waals surface area contributed by atoms with E-state index >= 15 is 0 Å². The number of carbonyl (C=O) groups excluding carboxylic acids is 1. The Hall–Kier alpha value is -3.54. The molecular weight excluding hydrogens is 316 g/mol. The lowest BCUT2D eigenvalue weighted by atomic mass is 10.0. The Morgan fingerprint density at radius 3 is 2.52 bits per heavy atom. The topological polar surface area (TPSA) is 69.4 Å². The molecule has 0 aliphatic rings. The minimum absolute atomic E-state index is 0.329. The van der Waals surface area contributed by atoms with Gasteiger partial charge in [-0.3, -0.25) is 4.98 Å². The molecule has 1 unspecified atom stereocenters. The molecule has 0 bridgehead atoms. The van der Waals surface area contributed by atoms with Crippen LogP contribution in [0.2, 0.25) is 0 Å². The molecule has 4 rings (SSSR count). The van der Waals surface area contributed by atoms with Gasteiger partial charge in [-0.15, -0.1) is 0 Å². The van der Waals surface area contributed by atoms with Gasteiger partial charge in [0.15, 0.2) is 11.8 Å². The van der Waals surface area contributed by atoms with Crippen LogP contribution in [0.5, 0.6) is 0 Å². The maximum Gasteiger partial charge on any atom is 0.344 e. The average molecular weight is 330 g/mol. The molecule has 0 saturated heterocycles. The Morgan fingerprint density at radius 1 is 0.960 bits per heavy atom. The zero-order valence-electron chi connectivity index (χ0n) is 13.2. The Kier molecular flexibility index (Phi) is 3.92. The van der Waals surface area contributed by atoms with Crippen molar-refractivity contribution >= 4 is 11.6 Å². The molecule has 3 heterocycles. The van der Waals surface area contributed by atoms with Crippen molar-refractivity contribution in [1.82, 2.24) is 19.6 Å². The van der Waals surface area contributed by atoms with Crippen LogP contribution in [0.4, 0.5) is 0 Å². The highest BCUT2D eigenvalue weighted by Gasteiger charge is 2.22. The van der Waals surface area contributed by atoms with Crippen molar-refractivity contribution in [3.05, 3.63) is 96.2 Å². The van der Waals surface area contributed by atoms with Gasteiger partial charge < -0.3 is 4.74 Å². The van der Waals surface area contributed by atoms with Gasteiger partial charge >= 0.3 is 5.97 Å². The zero-order valence-corrected chi connectivity index (χ0v) is 13.2. The number of hydrogen-bond donors (Lipinski definition) is 0. The van der Waals surface area contributed by atoms with Gasteiger partial charge in [0.2, 0.25) is 0 Å². The first kappa shape index (κ1) is 15.0. The number of hydrogen-bond acceptors (Lipinski definition) is 5. The molecule has 0 amide bonds. The molecule has 6 nitrogen and oxygen atoms in total. The average Bonchev–Trinajstić information content (AvgIpc) is 3.11. The predicted molar refractivity (Wildman–Crippen MR) is 90.9 cm³/mol. The van der Waals surface area contributed by atoms with Crippen LogP contribution in [-0.2, 0) is 4.74 Å². The van der Waals surface area contributed by atoms with E-state index in [9.17, 15) is 4.79 Å². The molecule has 6 heteroatoms. The van der Waals surface area contributed by atoms with Crippen molar-refractivity contribution in [2.24, 2.45) is 0 Å². The number of carbonyl (C=O) groups is 1. The van der Waals surface area contributed by atoms with Crippen molar-refractivity contribution in [3.8, 4) is 0 Å². The summed E-state index contributed by atoms with van der Waals surface area (Å²) in [5.41, 5.74) is 2.52. The summed E-state index contributed by atoms with van der Waals surface area (Å²) in [4.78, 5) is 21.0. The third-order valence-electron chi connectivity index (χ3n) is 3.84. The summed E-state index contributed by atoms with van der Waals surface area (Å²) in [6.45, 7) is 0. The summed E-state index contributed by atoms with van der Waals surface area (Å²) >= 11 is 0. The number of nitrogens with zero attached hydrogens (tertiary/aromatic N) is 4. The van der Waals surface area contributed by atoms with E-state index < -0.39 is 12.1 Å². The third-order valence-corrected chi connectivity index (χ3v) is 3.84. The summed E-state index contributed by atoms with van der Waals surface area (Å²) < 4.78 is 7.36. The van der Waals surface area contributed by atoms with Crippen LogP contribution in [-0.4, -0.2) is 25.6 Å². The first-order chi connectivity index (χ1) is 12.3. The van der Waals surface area contributed by atoms with Gasteiger partial charge in [0.05, 0.1) is 6.20 Å². The number of ether oxygens (including phenoxy) is 1. The Balaban J connectivity index is 1.70. The fraction of sp³-hybridized carbons (Fsp3) is 0.0526. The molecule has 0 aliphatic carbocycles. The van der Waals surface area contributed by atoms with E-state index in [-0.39, 0.29) is 0 Å². The number of pyridine rings is 1. The molecule has 0 aliphatic heterocycles. The van der Waals surface area contributed by atoms with E-state index in [4.69, 9.17) is 4.74 Å². The van der Waals surface area contributed by atoms with Crippen LogP contribution in [0.15, 0.2) is 79.5 Å². The fourth-order valence-corrected chi connectivity index (χ4v) is 2.64. The van der Waals surface area contributed by atoms with Gasteiger partial charge in [0, 0.05) is 30.4 Å². The molecule has 3 aromatic heterocycles. The molecule has 25 heavy (non-hydrogen) atoms. The van der Waals surface area contributed by atoms with Crippen molar-refractivity contribution in [1.29, 1.82) is 0 Å². The van der Waals surface area contributed by atoms with E-state index in [2.05, 4.69) is 15.1 Å². The van der Waals surface area contributed by atoms with E-state index in [0.29, 0.717) is 11.2 Å². The molecule has 122 valence electrons. The maximum atomic E-state index is 12.7. The highest BCUT2D eigenvalue weighted by Crippen LogP contribution is 2.27. The number of aromatic nitrogens is 4. The molecule has 4 aromatic rings. The second kappa shape index (κ2) is 6.52. The lowest BCUT2D eigenvalue weighted by Gasteiger charge is -2.18. The van der Waals surface area contributed by atoms with Crippen molar-refractivity contribution < 1.29 is 9.53 Å². The van der Waals surface area contributed by atoms with Crippen molar-refractivity contribution in [2.45, 2.75) is 6.10 Å². The van der Waals surface area contributed by atoms with Gasteiger partial charge in [-0.1, -0.05) is 30.3 Å². The smallest absolute Gasteiger partial charge is 0.344 e. The molecule has 0 saturated carbocycles. The van der Waals surface area contributed by atoms with Gasteiger partial charge in [-0.05, 0) is 23.8 Å². The molecule has 1 aromatic carbocycles. The number of benzene rings is 1. The summed E-state index contributed by atoms with van der Waals surface area (Å²) in [6.07, 6.45) is 7.64. The highest BCUT2D eigenvalue weighted by molar-refractivity contribution is 5.95. The molecule has 0 spiro atoms. The lowest BCUT2D eigenvalue weighted by Crippen LogP contribution is -2.13. The minimum Gasteiger partial charge on any atom is -0.449 e. The zero-order chi connectivity index (χ0) is 17.1. The normalized spacial score (nSPS) is 12.0. The minimum atomic E-state index is -0.532. The molecule has 0 radical (unpaired) electrons. The first-order valence-corrected chi connectivity index (χ1v) is 7.77. The van der Waals surface area contributed by atoms with Gasteiger partial charge in [0.25, 0.3) is 0 Å². The van der Waals surface area contributed by atoms with Crippen LogP contribution >= 0.6 is 0 Å². The second-order valence-corrected chi connectivity index (χ2v) is 5.42. The summed E-state index contributed by atoms with van der Waals surface area (Å²) in [6, 6.07) is 15.0. The molecule has 0 fully saturated rings. The largest absolute Gasteiger partial charge is 0.449 e. The second-order valence-electron chi connectivity index (χ2n) is 5.42. The van der Waals surface area contributed by atoms with E-state index in [0.717, 1.165) is 11.1 Å². The first-order valence-electron chi connectivity index (χ1n) is 7.77. The summed E-state index contributed by atoms with van der Waals surface area (Å²) in [7, 11) is 0. The molecular formula is C19H14N4O2. The SMILES string of the molecule is O=C(OC(c1ccccc1)c1ccncc1)c1cnn2cccnc12. The van der Waals surface area contributed by atoms with Crippen LogP contribution in [0, 0.1) is 0 Å². The van der Waals surface area contributed by atoms with E-state index in [1.54, 1.807) is 35.4 Å². The van der Waals surface area contributed by atoms with E-state index in [1.807, 2.05) is 42.5 Å². The predicted octanol–water partition coefficient (Wildman–Crippen LogP) is 3.07. The Bertz CT molecular complexity index is 960. The Labute approximate surface area is 143 Å². The number of rotatable bonds is 4. The molecule has 0 N–H and O–H groups in total. The number of fused-ring (bicyclic) bond motifs is 1. The summed E-state index contributed by atoms with van der Waals surface area (Å²) in [5.74, 6) is -0.473. The Morgan fingerprint density at radius 2 is 1.72 bits per heavy atom. The fourth-order valence-electron chi connectivity index (χ4n) is 2.64. The van der Waals surface area contributed by atoms with Crippen molar-refractivity contribution in [3.63, 3.8) is 0 Å². The highest BCUT2D eigenvalue weighted by atomic mass is 16.5. The number of esters is 1. The van der Waals surface area contributed by atoms with Gasteiger partial charge in [-0.25, -0.2) is 14.3 Å².